The monoisotopic (exact) mass is 305 g/mol. The van der Waals surface area contributed by atoms with Gasteiger partial charge in [0, 0.05) is 12.8 Å². The third kappa shape index (κ3) is 5.15. The van der Waals surface area contributed by atoms with E-state index in [1.807, 2.05) is 37.3 Å². The zero-order valence-electron chi connectivity index (χ0n) is 12.8. The largest absolute Gasteiger partial charge is 0.480 e. The van der Waals surface area contributed by atoms with Gasteiger partial charge in [0.15, 0.2) is 0 Å². The highest BCUT2D eigenvalue weighted by Crippen LogP contribution is 2.22. The summed E-state index contributed by atoms with van der Waals surface area (Å²) >= 11 is 0. The number of rotatable bonds is 7. The summed E-state index contributed by atoms with van der Waals surface area (Å²) in [6.07, 6.45) is 3.62. The number of nitrogens with one attached hydrogen (secondary N) is 1. The van der Waals surface area contributed by atoms with Crippen LogP contribution >= 0.6 is 0 Å². The summed E-state index contributed by atoms with van der Waals surface area (Å²) in [5.74, 6) is -1.24. The van der Waals surface area contributed by atoms with E-state index in [1.165, 1.54) is 0 Å². The van der Waals surface area contributed by atoms with Gasteiger partial charge in [0.1, 0.15) is 6.04 Å². The Bertz CT molecular complexity index is 503. The molecule has 22 heavy (non-hydrogen) atoms. The molecule has 0 spiro atoms. The number of carboxylic acid groups (broad SMARTS) is 1. The van der Waals surface area contributed by atoms with E-state index in [-0.39, 0.29) is 18.1 Å². The highest BCUT2D eigenvalue weighted by atomic mass is 16.5. The molecule has 0 bridgehead atoms. The van der Waals surface area contributed by atoms with Crippen LogP contribution in [0.25, 0.3) is 0 Å². The second kappa shape index (κ2) is 7.94. The van der Waals surface area contributed by atoms with Gasteiger partial charge in [-0.25, -0.2) is 4.79 Å². The van der Waals surface area contributed by atoms with Crippen LogP contribution in [0.3, 0.4) is 0 Å². The van der Waals surface area contributed by atoms with Crippen molar-refractivity contribution < 1.29 is 19.4 Å². The van der Waals surface area contributed by atoms with E-state index in [0.29, 0.717) is 19.3 Å². The quantitative estimate of drug-likeness (QED) is 0.809. The number of ether oxygens (including phenoxy) is 1. The number of aliphatic carboxylic acids is 1. The van der Waals surface area contributed by atoms with E-state index >= 15 is 0 Å². The van der Waals surface area contributed by atoms with Gasteiger partial charge in [0.25, 0.3) is 0 Å². The molecule has 3 atom stereocenters. The molecular weight excluding hydrogens is 282 g/mol. The molecule has 5 nitrogen and oxygen atoms in total. The summed E-state index contributed by atoms with van der Waals surface area (Å²) in [6, 6.07) is 8.41. The zero-order valence-corrected chi connectivity index (χ0v) is 12.8. The second-order valence-corrected chi connectivity index (χ2v) is 5.83. The predicted octanol–water partition coefficient (Wildman–Crippen LogP) is 2.15. The van der Waals surface area contributed by atoms with Crippen LogP contribution in [0.15, 0.2) is 30.3 Å². The van der Waals surface area contributed by atoms with Gasteiger partial charge >= 0.3 is 5.97 Å². The third-order valence-electron chi connectivity index (χ3n) is 3.93. The van der Waals surface area contributed by atoms with E-state index in [9.17, 15) is 14.7 Å². The smallest absolute Gasteiger partial charge is 0.326 e. The Hall–Kier alpha value is -1.88. The highest BCUT2D eigenvalue weighted by Gasteiger charge is 2.24. The zero-order chi connectivity index (χ0) is 15.9. The number of amides is 1. The standard InChI is InChI=1S/C17H23NO4/c1-12-7-8-14(22-12)9-10-16(19)18-15(17(20)21)11-13-5-3-2-4-6-13/h2-6,12,14-15H,7-11H2,1H3,(H,18,19)(H,20,21)/t12-,14-,15+/m0/s1. The van der Waals surface area contributed by atoms with Crippen LogP contribution in [0.4, 0.5) is 0 Å². The van der Waals surface area contributed by atoms with Crippen molar-refractivity contribution in [1.29, 1.82) is 0 Å². The molecule has 1 heterocycles. The summed E-state index contributed by atoms with van der Waals surface area (Å²) in [5.41, 5.74) is 0.892. The minimum atomic E-state index is -1.01. The third-order valence-corrected chi connectivity index (χ3v) is 3.93. The average Bonchev–Trinajstić information content (AvgIpc) is 2.91. The fourth-order valence-corrected chi connectivity index (χ4v) is 2.71. The van der Waals surface area contributed by atoms with Gasteiger partial charge < -0.3 is 15.2 Å². The van der Waals surface area contributed by atoms with Crippen molar-refractivity contribution in [2.45, 2.75) is 57.3 Å². The fraction of sp³-hybridized carbons (Fsp3) is 0.529. The van der Waals surface area contributed by atoms with E-state index in [1.54, 1.807) is 0 Å². The first-order chi connectivity index (χ1) is 10.5. The lowest BCUT2D eigenvalue weighted by molar-refractivity contribution is -0.141. The number of carboxylic acids is 1. The molecule has 2 rings (SSSR count). The second-order valence-electron chi connectivity index (χ2n) is 5.83. The van der Waals surface area contributed by atoms with Crippen LogP contribution in [-0.4, -0.2) is 35.2 Å². The number of hydrogen-bond donors (Lipinski definition) is 2. The van der Waals surface area contributed by atoms with Crippen molar-refractivity contribution in [2.75, 3.05) is 0 Å². The molecule has 1 saturated heterocycles. The summed E-state index contributed by atoms with van der Waals surface area (Å²) in [5, 5.41) is 11.9. The Morgan fingerprint density at radius 1 is 1.32 bits per heavy atom. The lowest BCUT2D eigenvalue weighted by Gasteiger charge is -2.16. The number of carbonyl (C=O) groups excluding carboxylic acids is 1. The molecule has 1 aromatic rings. The van der Waals surface area contributed by atoms with E-state index in [4.69, 9.17) is 4.74 Å². The van der Waals surface area contributed by atoms with Gasteiger partial charge in [0.05, 0.1) is 12.2 Å². The first-order valence-electron chi connectivity index (χ1n) is 7.76. The molecule has 1 amide bonds. The molecule has 1 aliphatic heterocycles. The van der Waals surface area contributed by atoms with Crippen LogP contribution in [0, 0.1) is 0 Å². The Kier molecular flexibility index (Phi) is 5.95. The van der Waals surface area contributed by atoms with Gasteiger partial charge in [-0.2, -0.15) is 0 Å². The van der Waals surface area contributed by atoms with Crippen LogP contribution in [0.2, 0.25) is 0 Å². The van der Waals surface area contributed by atoms with Gasteiger partial charge in [-0.05, 0) is 31.7 Å². The van der Waals surface area contributed by atoms with Crippen molar-refractivity contribution in [3.63, 3.8) is 0 Å². The molecule has 1 aliphatic rings. The van der Waals surface area contributed by atoms with Crippen molar-refractivity contribution in [3.05, 3.63) is 35.9 Å². The van der Waals surface area contributed by atoms with Gasteiger partial charge in [0.2, 0.25) is 5.91 Å². The molecule has 1 aromatic carbocycles. The summed E-state index contributed by atoms with van der Waals surface area (Å²) in [6.45, 7) is 2.03. The summed E-state index contributed by atoms with van der Waals surface area (Å²) < 4.78 is 5.66. The first kappa shape index (κ1) is 16.5. The Morgan fingerprint density at radius 3 is 2.64 bits per heavy atom. The Labute approximate surface area is 130 Å². The SMILES string of the molecule is C[C@H]1CC[C@@H](CCC(=O)N[C@H](Cc2ccccc2)C(=O)O)O1. The summed E-state index contributed by atoms with van der Waals surface area (Å²) in [7, 11) is 0. The fourth-order valence-electron chi connectivity index (χ4n) is 2.71. The van der Waals surface area contributed by atoms with Gasteiger partial charge in [-0.3, -0.25) is 4.79 Å². The van der Waals surface area contributed by atoms with E-state index < -0.39 is 12.0 Å². The van der Waals surface area contributed by atoms with Crippen molar-refractivity contribution >= 4 is 11.9 Å². The first-order valence-corrected chi connectivity index (χ1v) is 7.76. The molecular formula is C17H23NO4. The Morgan fingerprint density at radius 2 is 2.05 bits per heavy atom. The maximum absolute atomic E-state index is 12.0. The highest BCUT2D eigenvalue weighted by molar-refractivity contribution is 5.83. The molecule has 2 N–H and O–H groups in total. The Balaban J connectivity index is 1.80. The molecule has 0 aromatic heterocycles. The normalized spacial score (nSPS) is 22.2. The van der Waals surface area contributed by atoms with Crippen molar-refractivity contribution in [1.82, 2.24) is 5.32 Å². The molecule has 5 heteroatoms. The number of hydrogen-bond acceptors (Lipinski definition) is 3. The van der Waals surface area contributed by atoms with E-state index in [0.717, 1.165) is 18.4 Å². The number of benzene rings is 1. The van der Waals surface area contributed by atoms with Crippen LogP contribution in [0.5, 0.6) is 0 Å². The maximum atomic E-state index is 12.0. The number of carbonyl (C=O) groups is 2. The molecule has 0 saturated carbocycles. The van der Waals surface area contributed by atoms with Gasteiger partial charge in [-0.15, -0.1) is 0 Å². The van der Waals surface area contributed by atoms with Crippen LogP contribution in [-0.2, 0) is 20.7 Å². The molecule has 0 radical (unpaired) electrons. The minimum absolute atomic E-state index is 0.123. The lowest BCUT2D eigenvalue weighted by Crippen LogP contribution is -2.42. The maximum Gasteiger partial charge on any atom is 0.326 e. The average molecular weight is 305 g/mol. The minimum Gasteiger partial charge on any atom is -0.480 e. The summed E-state index contributed by atoms with van der Waals surface area (Å²) in [4.78, 5) is 23.3. The molecule has 0 unspecified atom stereocenters. The lowest BCUT2D eigenvalue weighted by atomic mass is 10.1. The van der Waals surface area contributed by atoms with Crippen LogP contribution < -0.4 is 5.32 Å². The van der Waals surface area contributed by atoms with Crippen LogP contribution in [0.1, 0.15) is 38.2 Å². The molecule has 0 aliphatic carbocycles. The van der Waals surface area contributed by atoms with E-state index in [2.05, 4.69) is 5.32 Å². The van der Waals surface area contributed by atoms with Crippen molar-refractivity contribution in [2.24, 2.45) is 0 Å². The molecule has 120 valence electrons. The van der Waals surface area contributed by atoms with Gasteiger partial charge in [-0.1, -0.05) is 30.3 Å². The topological polar surface area (TPSA) is 75.6 Å². The molecule has 1 fully saturated rings. The van der Waals surface area contributed by atoms with Crippen molar-refractivity contribution in [3.8, 4) is 0 Å². The predicted molar refractivity (Wildman–Crippen MR) is 82.5 cm³/mol.